The Bertz CT molecular complexity index is 825. The Morgan fingerprint density at radius 1 is 1.07 bits per heavy atom. The Morgan fingerprint density at radius 2 is 1.93 bits per heavy atom. The van der Waals surface area contributed by atoms with E-state index in [0.717, 1.165) is 49.5 Å². The zero-order valence-corrected chi connectivity index (χ0v) is 16.4. The van der Waals surface area contributed by atoms with Gasteiger partial charge in [0.1, 0.15) is 5.82 Å². The topological polar surface area (TPSA) is 33.1 Å². The van der Waals surface area contributed by atoms with Crippen molar-refractivity contribution >= 4 is 5.57 Å². The van der Waals surface area contributed by atoms with Crippen molar-refractivity contribution in [2.45, 2.75) is 64.4 Å². The summed E-state index contributed by atoms with van der Waals surface area (Å²) in [6.07, 6.45) is 15.6. The quantitative estimate of drug-likeness (QED) is 0.661. The summed E-state index contributed by atoms with van der Waals surface area (Å²) in [5.74, 6) is 2.56. The maximum absolute atomic E-state index is 13.8. The van der Waals surface area contributed by atoms with Crippen LogP contribution in [0.15, 0.2) is 36.2 Å². The fourth-order valence-corrected chi connectivity index (χ4v) is 7.04. The maximum atomic E-state index is 13.8. The van der Waals surface area contributed by atoms with Crippen LogP contribution in [0.1, 0.15) is 64.4 Å². The van der Waals surface area contributed by atoms with Crippen LogP contribution in [0.25, 0.3) is 5.57 Å². The minimum absolute atomic E-state index is 0.141. The first-order chi connectivity index (χ1) is 12.9. The average molecular weight is 368 g/mol. The Hall–Kier alpha value is -1.48. The Balaban J connectivity index is 1.44. The maximum Gasteiger partial charge on any atom is 0.142 e. The van der Waals surface area contributed by atoms with E-state index in [9.17, 15) is 9.50 Å². The lowest BCUT2D eigenvalue weighted by molar-refractivity contribution is -0.0122. The van der Waals surface area contributed by atoms with Crippen LogP contribution in [-0.2, 0) is 0 Å². The lowest BCUT2D eigenvalue weighted by Gasteiger charge is -2.54. The zero-order chi connectivity index (χ0) is 18.8. The van der Waals surface area contributed by atoms with Crippen LogP contribution in [-0.4, -0.2) is 15.7 Å². The predicted molar refractivity (Wildman–Crippen MR) is 105 cm³/mol. The smallest absolute Gasteiger partial charge is 0.142 e. The van der Waals surface area contributed by atoms with E-state index < -0.39 is 5.60 Å². The fourth-order valence-electron chi connectivity index (χ4n) is 7.04. The number of hydrogen-bond acceptors (Lipinski definition) is 2. The summed E-state index contributed by atoms with van der Waals surface area (Å²) in [6.45, 7) is 4.40. The van der Waals surface area contributed by atoms with Gasteiger partial charge < -0.3 is 5.11 Å². The standard InChI is InChI=1S/C24H30FNO/c1-23(27)9-7-18-15(12-23)3-4-20-19(18)8-10-24(2)21(5-6-22(20)24)16-11-17(25)14-26-13-16/h3,5,11,13-14,18-20,22,27H,4,6-10,12H2,1-2H3/t18?,19-,20-,22+,23+,24-/m1/s1. The van der Waals surface area contributed by atoms with Crippen molar-refractivity contribution in [1.82, 2.24) is 4.98 Å². The lowest BCUT2D eigenvalue weighted by Crippen LogP contribution is -2.46. The third-order valence-corrected chi connectivity index (χ3v) is 8.31. The second-order valence-corrected chi connectivity index (χ2v) is 9.97. The molecule has 2 saturated carbocycles. The summed E-state index contributed by atoms with van der Waals surface area (Å²) in [5.41, 5.74) is 3.45. The molecule has 0 saturated heterocycles. The molecule has 6 atom stereocenters. The van der Waals surface area contributed by atoms with Crippen molar-refractivity contribution in [1.29, 1.82) is 0 Å². The first-order valence-corrected chi connectivity index (χ1v) is 10.6. The molecule has 1 N–H and O–H groups in total. The number of aliphatic hydroxyl groups is 1. The predicted octanol–water partition coefficient (Wildman–Crippen LogP) is 5.54. The van der Waals surface area contributed by atoms with Gasteiger partial charge in [0.15, 0.2) is 0 Å². The monoisotopic (exact) mass is 367 g/mol. The lowest BCUT2D eigenvalue weighted by atomic mass is 9.51. The number of fused-ring (bicyclic) bond motifs is 5. The molecule has 0 bridgehead atoms. The van der Waals surface area contributed by atoms with Crippen LogP contribution in [0.5, 0.6) is 0 Å². The molecule has 5 rings (SSSR count). The Kier molecular flexibility index (Phi) is 3.92. The van der Waals surface area contributed by atoms with Crippen LogP contribution in [0.2, 0.25) is 0 Å². The first kappa shape index (κ1) is 17.6. The van der Waals surface area contributed by atoms with Crippen LogP contribution in [0, 0.1) is 34.9 Å². The summed E-state index contributed by atoms with van der Waals surface area (Å²) < 4.78 is 13.8. The van der Waals surface area contributed by atoms with Crippen molar-refractivity contribution in [2.24, 2.45) is 29.1 Å². The van der Waals surface area contributed by atoms with Gasteiger partial charge in [-0.2, -0.15) is 0 Å². The molecular weight excluding hydrogens is 337 g/mol. The van der Waals surface area contributed by atoms with Gasteiger partial charge >= 0.3 is 0 Å². The van der Waals surface area contributed by atoms with Crippen molar-refractivity contribution in [2.75, 3.05) is 0 Å². The van der Waals surface area contributed by atoms with Crippen molar-refractivity contribution in [3.05, 3.63) is 47.6 Å². The molecule has 0 aliphatic heterocycles. The van der Waals surface area contributed by atoms with Crippen LogP contribution in [0.3, 0.4) is 0 Å². The molecule has 4 aliphatic rings. The number of halogens is 1. The average Bonchev–Trinajstić information content (AvgIpc) is 2.97. The number of pyridine rings is 1. The molecule has 1 aromatic rings. The van der Waals surface area contributed by atoms with E-state index in [1.54, 1.807) is 6.07 Å². The first-order valence-electron chi connectivity index (χ1n) is 10.6. The summed E-state index contributed by atoms with van der Waals surface area (Å²) in [6, 6.07) is 1.65. The minimum atomic E-state index is -0.509. The molecule has 27 heavy (non-hydrogen) atoms. The highest BCUT2D eigenvalue weighted by molar-refractivity contribution is 5.72. The number of allylic oxidation sites excluding steroid dienone is 3. The van der Waals surface area contributed by atoms with Gasteiger partial charge in [-0.3, -0.25) is 4.98 Å². The molecular formula is C24H30FNO. The molecule has 1 aromatic heterocycles. The molecule has 4 aliphatic carbocycles. The van der Waals surface area contributed by atoms with Gasteiger partial charge in [0.25, 0.3) is 0 Å². The van der Waals surface area contributed by atoms with Crippen molar-refractivity contribution in [3.8, 4) is 0 Å². The van der Waals surface area contributed by atoms with Gasteiger partial charge in [-0.1, -0.05) is 24.6 Å². The van der Waals surface area contributed by atoms with Crippen molar-refractivity contribution in [3.63, 3.8) is 0 Å². The normalized spacial score (nSPS) is 43.3. The van der Waals surface area contributed by atoms with Crippen LogP contribution < -0.4 is 0 Å². The van der Waals surface area contributed by atoms with E-state index in [1.165, 1.54) is 30.2 Å². The molecule has 0 amide bonds. The molecule has 1 heterocycles. The second-order valence-electron chi connectivity index (χ2n) is 9.97. The molecule has 0 spiro atoms. The van der Waals surface area contributed by atoms with E-state index in [2.05, 4.69) is 24.1 Å². The van der Waals surface area contributed by atoms with E-state index in [4.69, 9.17) is 0 Å². The highest BCUT2D eigenvalue weighted by atomic mass is 19.1. The molecule has 144 valence electrons. The third-order valence-electron chi connectivity index (χ3n) is 8.31. The van der Waals surface area contributed by atoms with E-state index in [1.807, 2.05) is 13.1 Å². The van der Waals surface area contributed by atoms with E-state index in [-0.39, 0.29) is 11.2 Å². The van der Waals surface area contributed by atoms with Gasteiger partial charge in [-0.15, -0.1) is 0 Å². The number of aromatic nitrogens is 1. The minimum Gasteiger partial charge on any atom is -0.390 e. The van der Waals surface area contributed by atoms with E-state index in [0.29, 0.717) is 11.8 Å². The highest BCUT2D eigenvalue weighted by Gasteiger charge is 2.54. The molecule has 3 heteroatoms. The summed E-state index contributed by atoms with van der Waals surface area (Å²) in [5, 5.41) is 10.5. The summed E-state index contributed by atoms with van der Waals surface area (Å²) in [7, 11) is 0. The number of nitrogens with zero attached hydrogens (tertiary/aromatic N) is 1. The van der Waals surface area contributed by atoms with Crippen LogP contribution in [0.4, 0.5) is 4.39 Å². The number of hydrogen-bond donors (Lipinski definition) is 1. The zero-order valence-electron chi connectivity index (χ0n) is 16.4. The fraction of sp³-hybridized carbons (Fsp3) is 0.625. The second kappa shape index (κ2) is 6.01. The van der Waals surface area contributed by atoms with E-state index >= 15 is 0 Å². The molecule has 1 unspecified atom stereocenters. The largest absolute Gasteiger partial charge is 0.390 e. The summed E-state index contributed by atoms with van der Waals surface area (Å²) in [4.78, 5) is 4.10. The van der Waals surface area contributed by atoms with Gasteiger partial charge in [-0.05, 0) is 98.2 Å². The van der Waals surface area contributed by atoms with Crippen molar-refractivity contribution < 1.29 is 9.50 Å². The van der Waals surface area contributed by atoms with Gasteiger partial charge in [-0.25, -0.2) is 4.39 Å². The Morgan fingerprint density at radius 3 is 2.74 bits per heavy atom. The molecule has 0 radical (unpaired) electrons. The number of rotatable bonds is 1. The molecule has 0 aromatic carbocycles. The SMILES string of the molecule is C[C@]1(O)CCC2C(=CC[C@@H]3[C@@H]2CC[C@]2(C)C(c4cncc(F)c4)=CC[C@@H]32)C1. The summed E-state index contributed by atoms with van der Waals surface area (Å²) >= 11 is 0. The van der Waals surface area contributed by atoms with Gasteiger partial charge in [0.2, 0.25) is 0 Å². The van der Waals surface area contributed by atoms with Gasteiger partial charge in [0.05, 0.1) is 11.8 Å². The highest BCUT2D eigenvalue weighted by Crippen LogP contribution is 2.63. The third kappa shape index (κ3) is 2.73. The van der Waals surface area contributed by atoms with Crippen LogP contribution >= 0.6 is 0 Å². The molecule has 2 nitrogen and oxygen atoms in total. The Labute approximate surface area is 161 Å². The molecule has 2 fully saturated rings. The van der Waals surface area contributed by atoms with Gasteiger partial charge in [0, 0.05) is 6.20 Å².